The van der Waals surface area contributed by atoms with E-state index in [1.54, 1.807) is 16.7 Å². The number of aromatic nitrogens is 1. The Morgan fingerprint density at radius 2 is 2.00 bits per heavy atom. The highest BCUT2D eigenvalue weighted by Crippen LogP contribution is 2.36. The van der Waals surface area contributed by atoms with E-state index in [9.17, 15) is 4.79 Å². The maximum atomic E-state index is 13.4. The normalized spacial score (nSPS) is 11.3. The van der Waals surface area contributed by atoms with Crippen molar-refractivity contribution in [1.82, 2.24) is 4.98 Å². The van der Waals surface area contributed by atoms with E-state index in [-0.39, 0.29) is 5.91 Å². The number of rotatable bonds is 6. The molecule has 3 aromatic rings. The standard InChI is InChI=1S/C20H22ClN3OS2/c1-13-9-10-15(21)18-17(13)22-20(27-18)24(12-11-23(2)3)19(25)14-7-5-6-8-16(14)26-4/h5-10H,11-12H2,1-4H3/p+1. The molecule has 3 rings (SSSR count). The first kappa shape index (κ1) is 20.1. The second kappa shape index (κ2) is 8.61. The number of hydrogen-bond donors (Lipinski definition) is 1. The molecule has 0 bridgehead atoms. The molecule has 0 fully saturated rings. The fourth-order valence-electron chi connectivity index (χ4n) is 2.79. The lowest BCUT2D eigenvalue weighted by atomic mass is 10.2. The molecule has 0 saturated heterocycles. The van der Waals surface area contributed by atoms with Crippen LogP contribution in [0.2, 0.25) is 5.02 Å². The van der Waals surface area contributed by atoms with Crippen LogP contribution in [0.4, 0.5) is 5.13 Å². The Hall–Kier alpha value is -1.60. The number of carbonyl (C=O) groups excluding carboxylic acids is 1. The van der Waals surface area contributed by atoms with Crippen molar-refractivity contribution in [3.63, 3.8) is 0 Å². The molecule has 1 amide bonds. The number of aryl methyl sites for hydroxylation is 1. The Morgan fingerprint density at radius 1 is 1.26 bits per heavy atom. The molecule has 1 N–H and O–H groups in total. The third kappa shape index (κ3) is 4.29. The summed E-state index contributed by atoms with van der Waals surface area (Å²) in [5.41, 5.74) is 2.64. The highest BCUT2D eigenvalue weighted by molar-refractivity contribution is 7.98. The number of benzene rings is 2. The van der Waals surface area contributed by atoms with Crippen LogP contribution in [0, 0.1) is 6.92 Å². The Kier molecular flexibility index (Phi) is 6.42. The van der Waals surface area contributed by atoms with Gasteiger partial charge in [0, 0.05) is 4.90 Å². The smallest absolute Gasteiger partial charge is 0.261 e. The number of hydrogen-bond acceptors (Lipinski definition) is 4. The van der Waals surface area contributed by atoms with Gasteiger partial charge >= 0.3 is 0 Å². The van der Waals surface area contributed by atoms with Crippen molar-refractivity contribution in [3.05, 3.63) is 52.5 Å². The topological polar surface area (TPSA) is 37.6 Å². The van der Waals surface area contributed by atoms with E-state index in [1.165, 1.54) is 16.2 Å². The van der Waals surface area contributed by atoms with E-state index in [4.69, 9.17) is 16.6 Å². The van der Waals surface area contributed by atoms with Crippen molar-refractivity contribution < 1.29 is 9.69 Å². The molecule has 0 radical (unpaired) electrons. The molecule has 0 atom stereocenters. The van der Waals surface area contributed by atoms with E-state index < -0.39 is 0 Å². The highest BCUT2D eigenvalue weighted by Gasteiger charge is 2.24. The monoisotopic (exact) mass is 420 g/mol. The van der Waals surface area contributed by atoms with Gasteiger partial charge in [0.2, 0.25) is 0 Å². The molecule has 0 saturated carbocycles. The Morgan fingerprint density at radius 3 is 2.67 bits per heavy atom. The van der Waals surface area contributed by atoms with Gasteiger partial charge in [-0.15, -0.1) is 11.8 Å². The maximum absolute atomic E-state index is 13.4. The van der Waals surface area contributed by atoms with Gasteiger partial charge in [-0.3, -0.25) is 9.69 Å². The van der Waals surface area contributed by atoms with Gasteiger partial charge in [-0.25, -0.2) is 4.98 Å². The quantitative estimate of drug-likeness (QED) is 0.617. The Bertz CT molecular complexity index is 932. The van der Waals surface area contributed by atoms with Crippen molar-refractivity contribution in [1.29, 1.82) is 0 Å². The molecule has 4 nitrogen and oxygen atoms in total. The molecular formula is C20H23ClN3OS2+. The minimum absolute atomic E-state index is 0.0194. The van der Waals surface area contributed by atoms with Crippen LogP contribution < -0.4 is 9.80 Å². The number of thiazole rings is 1. The largest absolute Gasteiger partial charge is 0.338 e. The predicted octanol–water partition coefficient (Wildman–Crippen LogP) is 3.77. The fraction of sp³-hybridized carbons (Fsp3) is 0.300. The molecular weight excluding hydrogens is 398 g/mol. The number of halogens is 1. The molecule has 7 heteroatoms. The van der Waals surface area contributed by atoms with Crippen LogP contribution in [0.3, 0.4) is 0 Å². The summed E-state index contributed by atoms with van der Waals surface area (Å²) in [5, 5.41) is 1.37. The summed E-state index contributed by atoms with van der Waals surface area (Å²) in [5.74, 6) is -0.0194. The number of carbonyl (C=O) groups is 1. The molecule has 0 aliphatic rings. The summed E-state index contributed by atoms with van der Waals surface area (Å²) in [6, 6.07) is 11.6. The molecule has 0 aliphatic carbocycles. The van der Waals surface area contributed by atoms with Crippen LogP contribution in [0.1, 0.15) is 15.9 Å². The second-order valence-electron chi connectivity index (χ2n) is 6.65. The lowest BCUT2D eigenvalue weighted by molar-refractivity contribution is -0.856. The molecule has 27 heavy (non-hydrogen) atoms. The molecule has 0 unspecified atom stereocenters. The van der Waals surface area contributed by atoms with Gasteiger partial charge < -0.3 is 4.90 Å². The lowest BCUT2D eigenvalue weighted by Gasteiger charge is -2.21. The van der Waals surface area contributed by atoms with Gasteiger partial charge in [-0.2, -0.15) is 0 Å². The molecule has 1 heterocycles. The Labute approximate surface area is 173 Å². The van der Waals surface area contributed by atoms with Crippen molar-refractivity contribution >= 4 is 56.0 Å². The predicted molar refractivity (Wildman–Crippen MR) is 117 cm³/mol. The summed E-state index contributed by atoms with van der Waals surface area (Å²) in [6.07, 6.45) is 1.99. The van der Waals surface area contributed by atoms with Gasteiger partial charge in [0.05, 0.1) is 48.0 Å². The molecule has 2 aromatic carbocycles. The zero-order valence-electron chi connectivity index (χ0n) is 15.9. The third-order valence-electron chi connectivity index (χ3n) is 4.33. The number of thioether (sulfide) groups is 1. The first-order valence-electron chi connectivity index (χ1n) is 8.72. The molecule has 0 spiro atoms. The minimum atomic E-state index is -0.0194. The van der Waals surface area contributed by atoms with Crippen molar-refractivity contribution in [3.8, 4) is 0 Å². The first-order valence-corrected chi connectivity index (χ1v) is 11.1. The SMILES string of the molecule is CSc1ccccc1C(=O)N(CC[NH+](C)C)c1nc2c(C)ccc(Cl)c2s1. The van der Waals surface area contributed by atoms with Gasteiger partial charge in [0.25, 0.3) is 5.91 Å². The van der Waals surface area contributed by atoms with Crippen LogP contribution in [0.25, 0.3) is 10.2 Å². The first-order chi connectivity index (χ1) is 12.9. The number of amides is 1. The van der Waals surface area contributed by atoms with Crippen LogP contribution in [0.15, 0.2) is 41.3 Å². The number of quaternary nitrogens is 1. The van der Waals surface area contributed by atoms with Crippen LogP contribution >= 0.6 is 34.7 Å². The Balaban J connectivity index is 2.07. The summed E-state index contributed by atoms with van der Waals surface area (Å²) in [6.45, 7) is 3.44. The van der Waals surface area contributed by atoms with Gasteiger partial charge in [0.1, 0.15) is 0 Å². The second-order valence-corrected chi connectivity index (χ2v) is 8.89. The van der Waals surface area contributed by atoms with E-state index in [2.05, 4.69) is 14.1 Å². The number of likely N-dealkylation sites (N-methyl/N-ethyl adjacent to an activating group) is 1. The van der Waals surface area contributed by atoms with Crippen LogP contribution in [-0.4, -0.2) is 44.3 Å². The highest BCUT2D eigenvalue weighted by atomic mass is 35.5. The van der Waals surface area contributed by atoms with E-state index in [0.29, 0.717) is 22.3 Å². The zero-order valence-corrected chi connectivity index (χ0v) is 18.3. The van der Waals surface area contributed by atoms with Crippen molar-refractivity contribution in [2.24, 2.45) is 0 Å². The molecule has 0 aliphatic heterocycles. The van der Waals surface area contributed by atoms with Crippen LogP contribution in [0.5, 0.6) is 0 Å². The summed E-state index contributed by atoms with van der Waals surface area (Å²) in [4.78, 5) is 22.2. The number of fused-ring (bicyclic) bond motifs is 1. The number of anilines is 1. The maximum Gasteiger partial charge on any atom is 0.261 e. The minimum Gasteiger partial charge on any atom is -0.338 e. The summed E-state index contributed by atoms with van der Waals surface area (Å²) < 4.78 is 0.930. The zero-order chi connectivity index (χ0) is 19.6. The molecule has 1 aromatic heterocycles. The fourth-order valence-corrected chi connectivity index (χ4v) is 4.72. The average Bonchev–Trinajstić information content (AvgIpc) is 3.11. The van der Waals surface area contributed by atoms with Crippen molar-refractivity contribution in [2.75, 3.05) is 38.3 Å². The molecule has 142 valence electrons. The summed E-state index contributed by atoms with van der Waals surface area (Å²) >= 11 is 9.44. The average molecular weight is 421 g/mol. The van der Waals surface area contributed by atoms with E-state index in [1.807, 2.05) is 49.6 Å². The van der Waals surface area contributed by atoms with E-state index >= 15 is 0 Å². The van der Waals surface area contributed by atoms with Crippen molar-refractivity contribution in [2.45, 2.75) is 11.8 Å². The lowest BCUT2D eigenvalue weighted by Crippen LogP contribution is -3.06. The third-order valence-corrected chi connectivity index (χ3v) is 6.67. The van der Waals surface area contributed by atoms with Gasteiger partial charge in [-0.1, -0.05) is 41.1 Å². The number of nitrogens with zero attached hydrogens (tertiary/aromatic N) is 2. The van der Waals surface area contributed by atoms with Crippen LogP contribution in [-0.2, 0) is 0 Å². The van der Waals surface area contributed by atoms with Gasteiger partial charge in [-0.05, 0) is 36.9 Å². The van der Waals surface area contributed by atoms with Gasteiger partial charge in [0.15, 0.2) is 5.13 Å². The van der Waals surface area contributed by atoms with E-state index in [0.717, 1.165) is 27.2 Å². The summed E-state index contributed by atoms with van der Waals surface area (Å²) in [7, 11) is 4.16. The number of nitrogens with one attached hydrogen (secondary N) is 1.